The lowest BCUT2D eigenvalue weighted by Crippen LogP contribution is -2.35. The number of aromatic nitrogens is 2. The lowest BCUT2D eigenvalue weighted by molar-refractivity contribution is 0.181. The van der Waals surface area contributed by atoms with Crippen LogP contribution in [0.15, 0.2) is 6.07 Å². The normalized spacial score (nSPS) is 18.2. The number of rotatable bonds is 5. The van der Waals surface area contributed by atoms with Crippen LogP contribution in [-0.4, -0.2) is 53.3 Å². The summed E-state index contributed by atoms with van der Waals surface area (Å²) in [7, 11) is -3.22. The first-order valence-electron chi connectivity index (χ1n) is 7.68. The number of aliphatic hydroxyl groups is 1. The molecule has 126 valence electrons. The fourth-order valence-electron chi connectivity index (χ4n) is 2.56. The monoisotopic (exact) mass is 329 g/mol. The van der Waals surface area contributed by atoms with Gasteiger partial charge in [0.15, 0.2) is 0 Å². The van der Waals surface area contributed by atoms with Crippen LogP contribution in [0.1, 0.15) is 44.7 Å². The Bertz CT molecular complexity index is 616. The van der Waals surface area contributed by atoms with E-state index in [1.165, 1.54) is 0 Å². The molecule has 1 unspecified atom stereocenters. The van der Waals surface area contributed by atoms with Crippen molar-refractivity contribution in [2.75, 3.05) is 25.1 Å². The Morgan fingerprint density at radius 1 is 1.36 bits per heavy atom. The predicted octanol–water partition coefficient (Wildman–Crippen LogP) is 1.21. The summed E-state index contributed by atoms with van der Waals surface area (Å²) in [6, 6.07) is 1.83. The molecule has 0 bridgehead atoms. The molecule has 1 aromatic heterocycles. The number of sulfone groups is 1. The van der Waals surface area contributed by atoms with Gasteiger partial charge in [-0.1, -0.05) is 20.8 Å². The van der Waals surface area contributed by atoms with Crippen molar-refractivity contribution in [1.29, 1.82) is 0 Å². The first-order valence-corrected chi connectivity index (χ1v) is 9.74. The minimum absolute atomic E-state index is 0.281. The minimum Gasteiger partial charge on any atom is -0.386 e. The molecule has 0 radical (unpaired) electrons. The van der Waals surface area contributed by atoms with Crippen molar-refractivity contribution in [3.63, 3.8) is 0 Å². The topological polar surface area (TPSA) is 75.4 Å². The van der Waals surface area contributed by atoms with Gasteiger partial charge in [-0.05, 0) is 24.4 Å². The summed E-state index contributed by atoms with van der Waals surface area (Å²) in [5.74, 6) is -0.281. The summed E-state index contributed by atoms with van der Waals surface area (Å²) in [4.78, 5) is 2.38. The highest BCUT2D eigenvalue weighted by atomic mass is 32.2. The van der Waals surface area contributed by atoms with Gasteiger partial charge in [0.05, 0.1) is 23.7 Å². The molecule has 1 aromatic rings. The third kappa shape index (κ3) is 5.07. The van der Waals surface area contributed by atoms with Crippen molar-refractivity contribution in [3.05, 3.63) is 17.5 Å². The van der Waals surface area contributed by atoms with Crippen molar-refractivity contribution in [3.8, 4) is 0 Å². The van der Waals surface area contributed by atoms with Gasteiger partial charge >= 0.3 is 0 Å². The Morgan fingerprint density at radius 2 is 2.05 bits per heavy atom. The molecule has 0 saturated carbocycles. The number of fused-ring (bicyclic) bond motifs is 1. The number of hydrogen-bond donors (Lipinski definition) is 1. The van der Waals surface area contributed by atoms with Crippen LogP contribution in [0.3, 0.4) is 0 Å². The highest BCUT2D eigenvalue weighted by molar-refractivity contribution is 7.90. The smallest absolute Gasteiger partial charge is 0.150 e. The number of nitrogens with zero attached hydrogens (tertiary/aromatic N) is 3. The Kier molecular flexibility index (Phi) is 4.99. The summed E-state index contributed by atoms with van der Waals surface area (Å²) in [6.07, 6.45) is 1.21. The van der Waals surface area contributed by atoms with E-state index in [-0.39, 0.29) is 5.75 Å². The van der Waals surface area contributed by atoms with Crippen LogP contribution >= 0.6 is 0 Å². The molecule has 0 aromatic carbocycles. The third-order valence-electron chi connectivity index (χ3n) is 3.88. The van der Waals surface area contributed by atoms with E-state index >= 15 is 0 Å². The van der Waals surface area contributed by atoms with E-state index in [0.717, 1.165) is 44.5 Å². The molecule has 1 N–H and O–H groups in total. The summed E-state index contributed by atoms with van der Waals surface area (Å²) in [5, 5.41) is 14.4. The molecule has 0 amide bonds. The van der Waals surface area contributed by atoms with Crippen molar-refractivity contribution in [2.24, 2.45) is 5.41 Å². The van der Waals surface area contributed by atoms with Crippen molar-refractivity contribution in [2.45, 2.75) is 46.4 Å². The largest absolute Gasteiger partial charge is 0.386 e. The Balaban J connectivity index is 2.01. The van der Waals surface area contributed by atoms with Crippen molar-refractivity contribution >= 4 is 9.84 Å². The molecule has 6 nitrogen and oxygen atoms in total. The van der Waals surface area contributed by atoms with Gasteiger partial charge in [-0.2, -0.15) is 5.10 Å². The van der Waals surface area contributed by atoms with Crippen molar-refractivity contribution < 1.29 is 13.5 Å². The third-order valence-corrected chi connectivity index (χ3v) is 4.80. The van der Waals surface area contributed by atoms with Gasteiger partial charge < -0.3 is 5.11 Å². The van der Waals surface area contributed by atoms with Gasteiger partial charge in [0.1, 0.15) is 15.9 Å². The summed E-state index contributed by atoms with van der Waals surface area (Å²) < 4.78 is 24.5. The van der Waals surface area contributed by atoms with Crippen LogP contribution in [0.5, 0.6) is 0 Å². The molecule has 0 saturated heterocycles. The zero-order valence-electron chi connectivity index (χ0n) is 13.9. The Hall–Kier alpha value is -0.920. The fourth-order valence-corrected chi connectivity index (χ4v) is 3.31. The molecule has 2 rings (SSSR count). The molecule has 0 spiro atoms. The lowest BCUT2D eigenvalue weighted by atomic mass is 9.92. The SMILES string of the molecule is CC(C)(C)CCN1CCn2nc(C(O)CS(C)(=O)=O)cc2C1. The Morgan fingerprint density at radius 3 is 2.64 bits per heavy atom. The zero-order valence-corrected chi connectivity index (χ0v) is 14.7. The first kappa shape index (κ1) is 17.4. The lowest BCUT2D eigenvalue weighted by Gasteiger charge is -2.30. The molecule has 0 aliphatic carbocycles. The minimum atomic E-state index is -3.22. The molecule has 2 heterocycles. The molecular formula is C15H27N3O3S. The molecule has 22 heavy (non-hydrogen) atoms. The quantitative estimate of drug-likeness (QED) is 0.879. The van der Waals surface area contributed by atoms with Crippen LogP contribution < -0.4 is 0 Å². The molecule has 1 atom stereocenters. The predicted molar refractivity (Wildman–Crippen MR) is 86.2 cm³/mol. The van der Waals surface area contributed by atoms with Crippen LogP contribution in [0.25, 0.3) is 0 Å². The second kappa shape index (κ2) is 6.29. The van der Waals surface area contributed by atoms with Crippen LogP contribution in [0.2, 0.25) is 0 Å². The maximum Gasteiger partial charge on any atom is 0.150 e. The van der Waals surface area contributed by atoms with Gasteiger partial charge in [-0.15, -0.1) is 0 Å². The van der Waals surface area contributed by atoms with Crippen LogP contribution in [0.4, 0.5) is 0 Å². The van der Waals surface area contributed by atoms with Gasteiger partial charge in [0.2, 0.25) is 0 Å². The van der Waals surface area contributed by atoms with E-state index in [1.54, 1.807) is 0 Å². The fraction of sp³-hybridized carbons (Fsp3) is 0.800. The van der Waals surface area contributed by atoms with E-state index in [0.29, 0.717) is 11.1 Å². The molecule has 0 fully saturated rings. The Labute approximate surface area is 133 Å². The van der Waals surface area contributed by atoms with E-state index in [1.807, 2.05) is 10.7 Å². The molecule has 1 aliphatic heterocycles. The molecule has 1 aliphatic rings. The van der Waals surface area contributed by atoms with E-state index in [4.69, 9.17) is 0 Å². The van der Waals surface area contributed by atoms with E-state index in [2.05, 4.69) is 30.8 Å². The summed E-state index contributed by atoms with van der Waals surface area (Å²) >= 11 is 0. The van der Waals surface area contributed by atoms with Gasteiger partial charge in [-0.25, -0.2) is 8.42 Å². The average molecular weight is 329 g/mol. The standard InChI is InChI=1S/C15H27N3O3S/c1-15(2,3)5-6-17-7-8-18-12(10-17)9-13(16-18)14(19)11-22(4,20)21/h9,14,19H,5-8,10-11H2,1-4H3. The maximum atomic E-state index is 11.3. The van der Waals surface area contributed by atoms with Gasteiger partial charge in [0.25, 0.3) is 0 Å². The first-order chi connectivity index (χ1) is 10.0. The number of hydrogen-bond acceptors (Lipinski definition) is 5. The highest BCUT2D eigenvalue weighted by Crippen LogP contribution is 2.22. The zero-order chi connectivity index (χ0) is 16.5. The van der Waals surface area contributed by atoms with E-state index < -0.39 is 15.9 Å². The van der Waals surface area contributed by atoms with Crippen LogP contribution in [0, 0.1) is 5.41 Å². The second-order valence-electron chi connectivity index (χ2n) is 7.48. The molecule has 7 heteroatoms. The molecular weight excluding hydrogens is 302 g/mol. The maximum absolute atomic E-state index is 11.3. The summed E-state index contributed by atoms with van der Waals surface area (Å²) in [6.45, 7) is 10.3. The van der Waals surface area contributed by atoms with Gasteiger partial charge in [0, 0.05) is 19.3 Å². The summed E-state index contributed by atoms with van der Waals surface area (Å²) in [5.41, 5.74) is 1.81. The second-order valence-corrected chi connectivity index (χ2v) is 9.66. The van der Waals surface area contributed by atoms with E-state index in [9.17, 15) is 13.5 Å². The highest BCUT2D eigenvalue weighted by Gasteiger charge is 2.23. The number of aliphatic hydroxyl groups excluding tert-OH is 1. The van der Waals surface area contributed by atoms with Gasteiger partial charge in [-0.3, -0.25) is 9.58 Å². The average Bonchev–Trinajstić information content (AvgIpc) is 2.76. The van der Waals surface area contributed by atoms with Crippen molar-refractivity contribution in [1.82, 2.24) is 14.7 Å². The van der Waals surface area contributed by atoms with Crippen LogP contribution in [-0.2, 0) is 22.9 Å².